The van der Waals surface area contributed by atoms with Crippen molar-refractivity contribution < 1.29 is 4.42 Å². The minimum absolute atomic E-state index is 0.715. The Hall–Kier alpha value is -1.96. The molecule has 0 aliphatic heterocycles. The van der Waals surface area contributed by atoms with E-state index in [4.69, 9.17) is 4.42 Å². The molecular weight excluding hydrogens is 210 g/mol. The van der Waals surface area contributed by atoms with Gasteiger partial charge in [0.1, 0.15) is 11.0 Å². The van der Waals surface area contributed by atoms with E-state index in [1.165, 1.54) is 0 Å². The van der Waals surface area contributed by atoms with Crippen molar-refractivity contribution in [3.05, 3.63) is 41.0 Å². The minimum Gasteiger partial charge on any atom is -0.457 e. The molecule has 1 N–H and O–H groups in total. The lowest BCUT2D eigenvalue weighted by Crippen LogP contribution is -2.17. The van der Waals surface area contributed by atoms with Crippen molar-refractivity contribution in [3.8, 4) is 0 Å². The molecule has 0 atom stereocenters. The lowest BCUT2D eigenvalue weighted by atomic mass is 10.2. The highest BCUT2D eigenvalue weighted by molar-refractivity contribution is 5.83. The van der Waals surface area contributed by atoms with E-state index in [9.17, 15) is 0 Å². The van der Waals surface area contributed by atoms with Gasteiger partial charge in [-0.1, -0.05) is 24.8 Å². The van der Waals surface area contributed by atoms with Gasteiger partial charge in [-0.3, -0.25) is 0 Å². The highest BCUT2D eigenvalue weighted by atomic mass is 16.3. The van der Waals surface area contributed by atoms with Crippen LogP contribution in [0.15, 0.2) is 34.8 Å². The molecule has 88 valence electrons. The first-order valence-corrected chi connectivity index (χ1v) is 5.84. The smallest absolute Gasteiger partial charge is 0.135 e. The van der Waals surface area contributed by atoms with Crippen LogP contribution in [0, 0.1) is 0 Å². The zero-order valence-corrected chi connectivity index (χ0v) is 10.3. The van der Waals surface area contributed by atoms with E-state index in [2.05, 4.69) is 24.9 Å². The molecule has 1 aromatic heterocycles. The van der Waals surface area contributed by atoms with E-state index in [0.717, 1.165) is 28.4 Å². The molecule has 1 heterocycles. The molecule has 0 saturated heterocycles. The summed E-state index contributed by atoms with van der Waals surface area (Å²) in [5.41, 5.74) is 2.70. The Morgan fingerprint density at radius 3 is 2.94 bits per heavy atom. The molecular formula is C15H17NO. The molecule has 2 aromatic rings. The average Bonchev–Trinajstić information content (AvgIpc) is 2.63. The first-order chi connectivity index (χ1) is 8.26. The normalized spacial score (nSPS) is 12.7. The van der Waals surface area contributed by atoms with Crippen LogP contribution in [0.4, 0.5) is 5.69 Å². The zero-order chi connectivity index (χ0) is 12.3. The number of hydrogen-bond donors (Lipinski definition) is 1. The van der Waals surface area contributed by atoms with E-state index in [0.29, 0.717) is 5.42 Å². The van der Waals surface area contributed by atoms with Crippen LogP contribution in [0.25, 0.3) is 23.6 Å². The Balaban J connectivity index is 2.69. The quantitative estimate of drug-likeness (QED) is 0.872. The van der Waals surface area contributed by atoms with Crippen molar-refractivity contribution in [1.82, 2.24) is 0 Å². The van der Waals surface area contributed by atoms with Gasteiger partial charge in [-0.15, -0.1) is 0 Å². The van der Waals surface area contributed by atoms with Gasteiger partial charge in [0.25, 0.3) is 0 Å². The van der Waals surface area contributed by atoms with Gasteiger partial charge in [0.15, 0.2) is 0 Å². The molecule has 0 saturated carbocycles. The number of allylic oxidation sites excluding steroid dienone is 2. The number of benzene rings is 1. The summed E-state index contributed by atoms with van der Waals surface area (Å²) in [5, 5.41) is 5.46. The number of hydrogen-bond acceptors (Lipinski definition) is 2. The summed E-state index contributed by atoms with van der Waals surface area (Å²) in [7, 11) is 0. The molecule has 0 spiro atoms. The predicted molar refractivity (Wildman–Crippen MR) is 74.4 cm³/mol. The van der Waals surface area contributed by atoms with Crippen molar-refractivity contribution in [2.45, 2.75) is 13.8 Å². The first kappa shape index (κ1) is 11.5. The second-order valence-electron chi connectivity index (χ2n) is 3.87. The Bertz CT molecular complexity index is 649. The van der Waals surface area contributed by atoms with Crippen LogP contribution in [0.3, 0.4) is 0 Å². The van der Waals surface area contributed by atoms with Crippen LogP contribution in [0.1, 0.15) is 13.8 Å². The highest BCUT2D eigenvalue weighted by Crippen LogP contribution is 2.15. The zero-order valence-electron chi connectivity index (χ0n) is 10.3. The van der Waals surface area contributed by atoms with Gasteiger partial charge < -0.3 is 9.73 Å². The molecule has 0 radical (unpaired) electrons. The van der Waals surface area contributed by atoms with Crippen LogP contribution < -0.4 is 16.0 Å². The highest BCUT2D eigenvalue weighted by Gasteiger charge is 2.02. The maximum Gasteiger partial charge on any atom is 0.135 e. The fraction of sp³-hybridized carbons (Fsp3) is 0.200. The van der Waals surface area contributed by atoms with Gasteiger partial charge in [0.05, 0.1) is 0 Å². The lowest BCUT2D eigenvalue weighted by Gasteiger charge is -2.01. The second kappa shape index (κ2) is 4.91. The average molecular weight is 227 g/mol. The standard InChI is InChI=1S/C15H17NO/c1-4-6-7-13-11(3)17-15-9-8-12(16-5-2)10-14(13)15/h4,6-10,16H,3,5H2,1-2H3/b6-4-,13-7+. The van der Waals surface area contributed by atoms with Crippen LogP contribution in [0.2, 0.25) is 0 Å². The number of nitrogens with one attached hydrogen (secondary N) is 1. The summed E-state index contributed by atoms with van der Waals surface area (Å²) in [5.74, 6) is 0. The van der Waals surface area contributed by atoms with Gasteiger partial charge in [-0.25, -0.2) is 0 Å². The Morgan fingerprint density at radius 1 is 1.41 bits per heavy atom. The Kier molecular flexibility index (Phi) is 3.33. The molecule has 2 nitrogen and oxygen atoms in total. The predicted octanol–water partition coefficient (Wildman–Crippen LogP) is 2.63. The van der Waals surface area contributed by atoms with Gasteiger partial charge in [-0.2, -0.15) is 0 Å². The van der Waals surface area contributed by atoms with E-state index >= 15 is 0 Å². The molecule has 2 rings (SSSR count). The van der Waals surface area contributed by atoms with E-state index in [-0.39, 0.29) is 0 Å². The van der Waals surface area contributed by atoms with Crippen LogP contribution in [0.5, 0.6) is 0 Å². The summed E-state index contributed by atoms with van der Waals surface area (Å²) < 4.78 is 5.63. The SMILES string of the molecule is C=c1oc2ccc(NCC)cc2/c1=C/C=C\C. The summed E-state index contributed by atoms with van der Waals surface area (Å²) in [6, 6.07) is 6.11. The number of anilines is 1. The maximum atomic E-state index is 5.63. The van der Waals surface area contributed by atoms with E-state index in [1.54, 1.807) is 0 Å². The Morgan fingerprint density at radius 2 is 2.24 bits per heavy atom. The van der Waals surface area contributed by atoms with Crippen LogP contribution in [-0.4, -0.2) is 6.54 Å². The van der Waals surface area contributed by atoms with Crippen molar-refractivity contribution in [3.63, 3.8) is 0 Å². The maximum absolute atomic E-state index is 5.63. The minimum atomic E-state index is 0.715. The largest absolute Gasteiger partial charge is 0.457 e. The van der Waals surface area contributed by atoms with Crippen molar-refractivity contribution in [1.29, 1.82) is 0 Å². The van der Waals surface area contributed by atoms with E-state index in [1.807, 2.05) is 37.3 Å². The third kappa shape index (κ3) is 2.26. The topological polar surface area (TPSA) is 25.2 Å². The molecule has 0 fully saturated rings. The number of rotatable bonds is 3. The number of furan rings is 1. The molecule has 0 bridgehead atoms. The molecule has 0 amide bonds. The van der Waals surface area contributed by atoms with Crippen molar-refractivity contribution in [2.75, 3.05) is 11.9 Å². The van der Waals surface area contributed by atoms with E-state index < -0.39 is 0 Å². The molecule has 0 aliphatic rings. The third-order valence-corrected chi connectivity index (χ3v) is 2.64. The number of fused-ring (bicyclic) bond motifs is 1. The summed E-state index contributed by atoms with van der Waals surface area (Å²) in [4.78, 5) is 0. The van der Waals surface area contributed by atoms with Gasteiger partial charge in [0.2, 0.25) is 0 Å². The van der Waals surface area contributed by atoms with Crippen LogP contribution >= 0.6 is 0 Å². The molecule has 1 aromatic carbocycles. The first-order valence-electron chi connectivity index (χ1n) is 5.84. The fourth-order valence-electron chi connectivity index (χ4n) is 1.86. The summed E-state index contributed by atoms with van der Waals surface area (Å²) >= 11 is 0. The van der Waals surface area contributed by atoms with Crippen molar-refractivity contribution >= 4 is 29.3 Å². The third-order valence-electron chi connectivity index (χ3n) is 2.64. The molecule has 2 heteroatoms. The monoisotopic (exact) mass is 227 g/mol. The van der Waals surface area contributed by atoms with Crippen LogP contribution in [-0.2, 0) is 0 Å². The lowest BCUT2D eigenvalue weighted by molar-refractivity contribution is 0.577. The molecule has 0 unspecified atom stereocenters. The van der Waals surface area contributed by atoms with Crippen molar-refractivity contribution in [2.24, 2.45) is 0 Å². The molecule has 0 aliphatic carbocycles. The van der Waals surface area contributed by atoms with Gasteiger partial charge >= 0.3 is 0 Å². The second-order valence-corrected chi connectivity index (χ2v) is 3.87. The summed E-state index contributed by atoms with van der Waals surface area (Å²) in [6.45, 7) is 8.92. The van der Waals surface area contributed by atoms with Gasteiger partial charge in [0, 0.05) is 22.8 Å². The molecule has 17 heavy (non-hydrogen) atoms. The summed E-state index contributed by atoms with van der Waals surface area (Å²) in [6.07, 6.45) is 6.02. The fourth-order valence-corrected chi connectivity index (χ4v) is 1.86. The van der Waals surface area contributed by atoms with Gasteiger partial charge in [-0.05, 0) is 32.0 Å². The Labute approximate surface area is 101 Å².